The summed E-state index contributed by atoms with van der Waals surface area (Å²) in [6.07, 6.45) is 0. The molecule has 0 spiro atoms. The molecular formula is C12H13Br2N3OS. The van der Waals surface area contributed by atoms with E-state index in [0.717, 1.165) is 20.3 Å². The third-order valence-electron chi connectivity index (χ3n) is 2.75. The highest BCUT2D eigenvalue weighted by molar-refractivity contribution is 9.10. The van der Waals surface area contributed by atoms with Crippen LogP contribution in [0.15, 0.2) is 32.0 Å². The van der Waals surface area contributed by atoms with Crippen molar-refractivity contribution in [2.45, 2.75) is 17.6 Å². The predicted molar refractivity (Wildman–Crippen MR) is 84.3 cm³/mol. The van der Waals surface area contributed by atoms with Gasteiger partial charge in [-0.15, -0.1) is 0 Å². The van der Waals surface area contributed by atoms with Crippen LogP contribution in [0.1, 0.15) is 11.4 Å². The Morgan fingerprint density at radius 2 is 2.11 bits per heavy atom. The zero-order chi connectivity index (χ0) is 14.2. The number of aromatic nitrogens is 2. The second-order valence-electron chi connectivity index (χ2n) is 4.14. The molecule has 7 heteroatoms. The molecule has 0 saturated heterocycles. The zero-order valence-corrected chi connectivity index (χ0v) is 14.5. The van der Waals surface area contributed by atoms with Gasteiger partial charge >= 0.3 is 0 Å². The number of benzene rings is 1. The van der Waals surface area contributed by atoms with E-state index in [0.29, 0.717) is 16.3 Å². The van der Waals surface area contributed by atoms with Crippen molar-refractivity contribution in [3.63, 3.8) is 0 Å². The number of hydrogen-bond acceptors (Lipinski definition) is 3. The summed E-state index contributed by atoms with van der Waals surface area (Å²) >= 11 is 6.81. The lowest BCUT2D eigenvalue weighted by atomic mass is 10.3. The van der Waals surface area contributed by atoms with Crippen molar-refractivity contribution < 1.29 is 4.21 Å². The topological polar surface area (TPSA) is 60.9 Å². The second kappa shape index (κ2) is 5.76. The number of nitrogens with two attached hydrogens (primary N) is 1. The largest absolute Gasteiger partial charge is 0.398 e. The molecule has 2 aromatic rings. The van der Waals surface area contributed by atoms with Crippen molar-refractivity contribution in [2.75, 3.05) is 5.73 Å². The normalized spacial score (nSPS) is 12.6. The van der Waals surface area contributed by atoms with Gasteiger partial charge < -0.3 is 5.73 Å². The average molecular weight is 407 g/mol. The van der Waals surface area contributed by atoms with Gasteiger partial charge in [0.15, 0.2) is 0 Å². The summed E-state index contributed by atoms with van der Waals surface area (Å²) in [6, 6.07) is 5.39. The van der Waals surface area contributed by atoms with Crippen LogP contribution in [0.3, 0.4) is 0 Å². The number of aryl methyl sites for hydroxylation is 2. The average Bonchev–Trinajstić information content (AvgIpc) is 2.56. The number of nitrogen functional groups attached to an aromatic ring is 1. The molecule has 0 radical (unpaired) electrons. The molecule has 0 fully saturated rings. The first-order valence-corrected chi connectivity index (χ1v) is 8.42. The van der Waals surface area contributed by atoms with E-state index < -0.39 is 10.8 Å². The van der Waals surface area contributed by atoms with Crippen molar-refractivity contribution in [2.24, 2.45) is 7.05 Å². The first-order chi connectivity index (χ1) is 8.90. The molecule has 0 amide bonds. The lowest BCUT2D eigenvalue weighted by Gasteiger charge is -2.07. The second-order valence-corrected chi connectivity index (χ2v) is 7.27. The number of nitrogens with zero attached hydrogens (tertiary/aromatic N) is 2. The van der Waals surface area contributed by atoms with Crippen LogP contribution in [0, 0.1) is 6.92 Å². The summed E-state index contributed by atoms with van der Waals surface area (Å²) in [5.41, 5.74) is 8.22. The third-order valence-corrected chi connectivity index (χ3v) is 5.67. The van der Waals surface area contributed by atoms with E-state index in [1.807, 2.05) is 20.0 Å². The third kappa shape index (κ3) is 3.09. The van der Waals surface area contributed by atoms with E-state index in [2.05, 4.69) is 37.0 Å². The van der Waals surface area contributed by atoms with Gasteiger partial charge in [-0.2, -0.15) is 5.10 Å². The van der Waals surface area contributed by atoms with E-state index in [-0.39, 0.29) is 0 Å². The van der Waals surface area contributed by atoms with Crippen molar-refractivity contribution in [3.8, 4) is 0 Å². The van der Waals surface area contributed by atoms with Crippen LogP contribution in [-0.4, -0.2) is 14.0 Å². The van der Waals surface area contributed by atoms with Crippen molar-refractivity contribution in [1.82, 2.24) is 9.78 Å². The van der Waals surface area contributed by atoms with Gasteiger partial charge in [0, 0.05) is 17.2 Å². The van der Waals surface area contributed by atoms with Gasteiger partial charge in [-0.05, 0) is 41.1 Å². The van der Waals surface area contributed by atoms with Crippen LogP contribution in [-0.2, 0) is 23.6 Å². The van der Waals surface area contributed by atoms with E-state index >= 15 is 0 Å². The number of hydrogen-bond donors (Lipinski definition) is 1. The van der Waals surface area contributed by atoms with E-state index in [4.69, 9.17) is 5.73 Å². The first kappa shape index (κ1) is 14.7. The Balaban J connectivity index is 2.31. The van der Waals surface area contributed by atoms with Crippen LogP contribution >= 0.6 is 31.9 Å². The van der Waals surface area contributed by atoms with Gasteiger partial charge in [0.25, 0.3) is 0 Å². The molecule has 102 valence electrons. The molecule has 0 aliphatic carbocycles. The molecule has 0 aliphatic heterocycles. The molecule has 2 rings (SSSR count). The maximum atomic E-state index is 12.4. The van der Waals surface area contributed by atoms with Gasteiger partial charge in [0.2, 0.25) is 0 Å². The highest BCUT2D eigenvalue weighted by Crippen LogP contribution is 2.26. The van der Waals surface area contributed by atoms with E-state index in [9.17, 15) is 4.21 Å². The fourth-order valence-corrected chi connectivity index (χ4v) is 4.08. The SMILES string of the molecule is Cc1nn(C)c(CS(=O)c2ccc(Br)cc2N)c1Br. The molecule has 0 aliphatic rings. The van der Waals surface area contributed by atoms with Crippen LogP contribution in [0.5, 0.6) is 0 Å². The summed E-state index contributed by atoms with van der Waals surface area (Å²) in [7, 11) is 0.644. The van der Waals surface area contributed by atoms with Gasteiger partial charge in [-0.3, -0.25) is 8.89 Å². The minimum Gasteiger partial charge on any atom is -0.398 e. The fourth-order valence-electron chi connectivity index (χ4n) is 1.77. The molecule has 0 bridgehead atoms. The molecule has 4 nitrogen and oxygen atoms in total. The standard InChI is InChI=1S/C12H13Br2N3OS/c1-7-12(14)10(17(2)16-7)6-19(18)11-4-3-8(13)5-9(11)15/h3-5H,6,15H2,1-2H3. The van der Waals surface area contributed by atoms with Crippen molar-refractivity contribution >= 4 is 48.3 Å². The molecule has 1 heterocycles. The van der Waals surface area contributed by atoms with Crippen LogP contribution < -0.4 is 5.73 Å². The van der Waals surface area contributed by atoms with Gasteiger partial charge in [0.1, 0.15) is 0 Å². The van der Waals surface area contributed by atoms with Crippen LogP contribution in [0.2, 0.25) is 0 Å². The molecule has 1 aromatic heterocycles. The quantitative estimate of drug-likeness (QED) is 0.796. The Morgan fingerprint density at radius 1 is 1.42 bits per heavy atom. The number of rotatable bonds is 3. The Labute approximate surface area is 131 Å². The lowest BCUT2D eigenvalue weighted by Crippen LogP contribution is -2.05. The molecule has 1 aromatic carbocycles. The molecule has 2 N–H and O–H groups in total. The number of halogens is 2. The Morgan fingerprint density at radius 3 is 2.63 bits per heavy atom. The molecule has 0 saturated carbocycles. The molecule has 19 heavy (non-hydrogen) atoms. The van der Waals surface area contributed by atoms with Crippen LogP contribution in [0.4, 0.5) is 5.69 Å². The summed E-state index contributed by atoms with van der Waals surface area (Å²) < 4.78 is 15.9. The lowest BCUT2D eigenvalue weighted by molar-refractivity contribution is 0.676. The highest BCUT2D eigenvalue weighted by atomic mass is 79.9. The monoisotopic (exact) mass is 405 g/mol. The highest BCUT2D eigenvalue weighted by Gasteiger charge is 2.16. The summed E-state index contributed by atoms with van der Waals surface area (Å²) in [5, 5.41) is 4.29. The smallest absolute Gasteiger partial charge is 0.0738 e. The predicted octanol–water partition coefficient (Wildman–Crippen LogP) is 3.14. The summed E-state index contributed by atoms with van der Waals surface area (Å²) in [6.45, 7) is 1.91. The Kier molecular flexibility index (Phi) is 4.47. The summed E-state index contributed by atoms with van der Waals surface area (Å²) in [5.74, 6) is 0.379. The van der Waals surface area contributed by atoms with E-state index in [1.165, 1.54) is 0 Å². The summed E-state index contributed by atoms with van der Waals surface area (Å²) in [4.78, 5) is 0.647. The Bertz CT molecular complexity index is 655. The van der Waals surface area contributed by atoms with Crippen LogP contribution in [0.25, 0.3) is 0 Å². The van der Waals surface area contributed by atoms with Gasteiger partial charge in [0.05, 0.1) is 37.3 Å². The van der Waals surface area contributed by atoms with Crippen molar-refractivity contribution in [1.29, 1.82) is 0 Å². The maximum Gasteiger partial charge on any atom is 0.0738 e. The molecular weight excluding hydrogens is 394 g/mol. The fraction of sp³-hybridized carbons (Fsp3) is 0.250. The minimum absolute atomic E-state index is 0.379. The Hall–Kier alpha value is -0.660. The molecule has 1 unspecified atom stereocenters. The zero-order valence-electron chi connectivity index (χ0n) is 10.5. The maximum absolute atomic E-state index is 12.4. The minimum atomic E-state index is -1.20. The number of anilines is 1. The van der Waals surface area contributed by atoms with Crippen molar-refractivity contribution in [3.05, 3.63) is 38.5 Å². The first-order valence-electron chi connectivity index (χ1n) is 5.51. The van der Waals surface area contributed by atoms with Gasteiger partial charge in [-0.1, -0.05) is 15.9 Å². The van der Waals surface area contributed by atoms with E-state index in [1.54, 1.807) is 16.8 Å². The van der Waals surface area contributed by atoms with Gasteiger partial charge in [-0.25, -0.2) is 0 Å². The molecule has 1 atom stereocenters.